The molecule has 0 heterocycles. The molecule has 9 heteroatoms. The molecule has 0 atom stereocenters. The van der Waals surface area contributed by atoms with Gasteiger partial charge in [0.05, 0.1) is 0 Å². The van der Waals surface area contributed by atoms with Crippen LogP contribution in [0.1, 0.15) is 0 Å². The fourth-order valence-corrected chi connectivity index (χ4v) is 1.99. The fraction of sp³-hybridized carbons (Fsp3) is 0.238. The minimum atomic E-state index is -1.38. The minimum Gasteiger partial charge on any atom is -0.462 e. The van der Waals surface area contributed by atoms with Gasteiger partial charge in [0, 0.05) is 23.9 Å². The normalized spacial score (nSPS) is 10.1. The van der Waals surface area contributed by atoms with Gasteiger partial charge >= 0.3 is 24.0 Å². The lowest BCUT2D eigenvalue weighted by Crippen LogP contribution is -2.44. The zero-order chi connectivity index (χ0) is 22.4. The molecule has 0 aliphatic rings. The molecule has 0 aliphatic heterocycles. The molecular formula is C21H23NO8. The number of amides is 1. The fourth-order valence-electron chi connectivity index (χ4n) is 1.99. The van der Waals surface area contributed by atoms with Crippen molar-refractivity contribution in [3.63, 3.8) is 0 Å². The molecule has 1 N–H and O–H groups in total. The van der Waals surface area contributed by atoms with Crippen LogP contribution in [0.3, 0.4) is 0 Å². The van der Waals surface area contributed by atoms with E-state index in [1.165, 1.54) is 0 Å². The van der Waals surface area contributed by atoms with Crippen molar-refractivity contribution in [1.82, 2.24) is 0 Å². The van der Waals surface area contributed by atoms with Crippen LogP contribution >= 0.6 is 0 Å². The molecule has 0 bridgehead atoms. The highest BCUT2D eigenvalue weighted by Crippen LogP contribution is 2.22. The van der Waals surface area contributed by atoms with Crippen LogP contribution in [0, 0.1) is 5.41 Å². The van der Waals surface area contributed by atoms with Gasteiger partial charge in [-0.1, -0.05) is 37.9 Å². The first-order valence-corrected chi connectivity index (χ1v) is 8.70. The second kappa shape index (κ2) is 12.6. The molecule has 0 spiro atoms. The van der Waals surface area contributed by atoms with Gasteiger partial charge in [0.2, 0.25) is 0 Å². The molecule has 1 rings (SSSR count). The predicted molar refractivity (Wildman–Crippen MR) is 107 cm³/mol. The summed E-state index contributed by atoms with van der Waals surface area (Å²) in [6.45, 7) is 8.27. The van der Waals surface area contributed by atoms with E-state index in [1.54, 1.807) is 30.3 Å². The lowest BCUT2D eigenvalue weighted by atomic mass is 9.92. The summed E-state index contributed by atoms with van der Waals surface area (Å²) in [5.74, 6) is -2.30. The van der Waals surface area contributed by atoms with Crippen molar-refractivity contribution in [3.05, 3.63) is 68.3 Å². The van der Waals surface area contributed by atoms with Crippen molar-refractivity contribution in [3.8, 4) is 0 Å². The Hall–Kier alpha value is -3.88. The van der Waals surface area contributed by atoms with Crippen LogP contribution in [-0.2, 0) is 33.3 Å². The molecule has 0 unspecified atom stereocenters. The molecule has 0 aliphatic carbocycles. The van der Waals surface area contributed by atoms with Gasteiger partial charge in [-0.05, 0) is 12.1 Å². The molecule has 0 aromatic heterocycles. The number of carbonyl (C=O) groups excluding carboxylic acids is 4. The van der Waals surface area contributed by atoms with E-state index in [4.69, 9.17) is 18.9 Å². The number of benzene rings is 1. The van der Waals surface area contributed by atoms with Crippen molar-refractivity contribution in [2.75, 3.05) is 31.7 Å². The zero-order valence-electron chi connectivity index (χ0n) is 16.3. The maximum absolute atomic E-state index is 12.1. The average Bonchev–Trinajstić information content (AvgIpc) is 2.77. The maximum Gasteiger partial charge on any atom is 0.411 e. The third-order valence-electron chi connectivity index (χ3n) is 3.59. The van der Waals surface area contributed by atoms with E-state index in [2.05, 4.69) is 25.1 Å². The molecule has 160 valence electrons. The van der Waals surface area contributed by atoms with E-state index in [-0.39, 0.29) is 0 Å². The zero-order valence-corrected chi connectivity index (χ0v) is 16.3. The van der Waals surface area contributed by atoms with Gasteiger partial charge in [-0.3, -0.25) is 5.32 Å². The van der Waals surface area contributed by atoms with Gasteiger partial charge in [-0.25, -0.2) is 19.2 Å². The van der Waals surface area contributed by atoms with E-state index in [0.717, 1.165) is 18.2 Å². The number of para-hydroxylation sites is 1. The Morgan fingerprint density at radius 2 is 1.13 bits per heavy atom. The largest absolute Gasteiger partial charge is 0.462 e. The number of nitrogens with one attached hydrogen (secondary N) is 1. The number of hydrogen-bond donors (Lipinski definition) is 1. The summed E-state index contributed by atoms with van der Waals surface area (Å²) >= 11 is 0. The topological polar surface area (TPSA) is 117 Å². The lowest BCUT2D eigenvalue weighted by molar-refractivity contribution is -0.158. The third kappa shape index (κ3) is 8.87. The summed E-state index contributed by atoms with van der Waals surface area (Å²) in [6.07, 6.45) is 1.98. The highest BCUT2D eigenvalue weighted by atomic mass is 16.6. The standard InChI is InChI=1S/C21H23NO8/c1-4-17(23)27-12-21(13-28-18(24)5-2,14-29-19(25)6-3)15-30-20(26)22-16-10-8-7-9-11-16/h4-11H,1-3,12-15H2,(H,22,26). The summed E-state index contributed by atoms with van der Waals surface area (Å²) in [4.78, 5) is 46.7. The Bertz CT molecular complexity index is 728. The Labute approximate surface area is 173 Å². The lowest BCUT2D eigenvalue weighted by Gasteiger charge is -2.31. The molecule has 0 saturated carbocycles. The molecule has 30 heavy (non-hydrogen) atoms. The van der Waals surface area contributed by atoms with Crippen LogP contribution in [0.15, 0.2) is 68.3 Å². The van der Waals surface area contributed by atoms with Gasteiger partial charge in [-0.15, -0.1) is 0 Å². The molecule has 1 amide bonds. The number of esters is 3. The summed E-state index contributed by atoms with van der Waals surface area (Å²) in [6, 6.07) is 8.52. The van der Waals surface area contributed by atoms with E-state index in [1.807, 2.05) is 0 Å². The molecule has 9 nitrogen and oxygen atoms in total. The van der Waals surface area contributed by atoms with Crippen molar-refractivity contribution in [1.29, 1.82) is 0 Å². The van der Waals surface area contributed by atoms with E-state index in [9.17, 15) is 19.2 Å². The summed E-state index contributed by atoms with van der Waals surface area (Å²) in [5, 5.41) is 2.51. The highest BCUT2D eigenvalue weighted by molar-refractivity contribution is 5.84. The van der Waals surface area contributed by atoms with Crippen LogP contribution in [-0.4, -0.2) is 50.4 Å². The number of ether oxygens (including phenoxy) is 4. The minimum absolute atomic E-state index is 0.398. The van der Waals surface area contributed by atoms with Crippen molar-refractivity contribution in [2.45, 2.75) is 0 Å². The summed E-state index contributed by atoms with van der Waals surface area (Å²) in [7, 11) is 0. The Morgan fingerprint density at radius 3 is 1.53 bits per heavy atom. The van der Waals surface area contributed by atoms with Gasteiger partial charge < -0.3 is 18.9 Å². The first kappa shape index (κ1) is 24.2. The number of hydrogen-bond acceptors (Lipinski definition) is 8. The van der Waals surface area contributed by atoms with Crippen LogP contribution in [0.2, 0.25) is 0 Å². The van der Waals surface area contributed by atoms with Crippen LogP contribution in [0.5, 0.6) is 0 Å². The molecule has 0 radical (unpaired) electrons. The van der Waals surface area contributed by atoms with Gasteiger partial charge in [-0.2, -0.15) is 0 Å². The summed E-state index contributed by atoms with van der Waals surface area (Å²) in [5.41, 5.74) is -0.897. The third-order valence-corrected chi connectivity index (χ3v) is 3.59. The second-order valence-corrected chi connectivity index (χ2v) is 6.00. The number of rotatable bonds is 12. The average molecular weight is 417 g/mol. The first-order chi connectivity index (χ1) is 14.3. The van der Waals surface area contributed by atoms with Crippen LogP contribution in [0.4, 0.5) is 10.5 Å². The molecule has 0 fully saturated rings. The van der Waals surface area contributed by atoms with Crippen LogP contribution < -0.4 is 5.32 Å². The Balaban J connectivity index is 2.96. The molecule has 1 aromatic carbocycles. The van der Waals surface area contributed by atoms with Crippen molar-refractivity contribution < 1.29 is 38.1 Å². The SMILES string of the molecule is C=CC(=O)OCC(COC(=O)C=C)(COC(=O)C=C)COC(=O)Nc1ccccc1. The Morgan fingerprint density at radius 1 is 0.733 bits per heavy atom. The quantitative estimate of drug-likeness (QED) is 0.313. The highest BCUT2D eigenvalue weighted by Gasteiger charge is 2.37. The number of anilines is 1. The van der Waals surface area contributed by atoms with Gasteiger partial charge in [0.15, 0.2) is 0 Å². The summed E-state index contributed by atoms with van der Waals surface area (Å²) < 4.78 is 20.3. The molecular weight excluding hydrogens is 394 g/mol. The maximum atomic E-state index is 12.1. The van der Waals surface area contributed by atoms with E-state index in [0.29, 0.717) is 5.69 Å². The molecule has 0 saturated heterocycles. The van der Waals surface area contributed by atoms with E-state index < -0.39 is 55.8 Å². The monoisotopic (exact) mass is 417 g/mol. The van der Waals surface area contributed by atoms with E-state index >= 15 is 0 Å². The van der Waals surface area contributed by atoms with Crippen LogP contribution in [0.25, 0.3) is 0 Å². The Kier molecular flexibility index (Phi) is 10.1. The van der Waals surface area contributed by atoms with Crippen molar-refractivity contribution >= 4 is 29.7 Å². The van der Waals surface area contributed by atoms with Crippen molar-refractivity contribution in [2.24, 2.45) is 5.41 Å². The first-order valence-electron chi connectivity index (χ1n) is 8.70. The second-order valence-electron chi connectivity index (χ2n) is 6.00. The number of carbonyl (C=O) groups is 4. The smallest absolute Gasteiger partial charge is 0.411 e. The predicted octanol–water partition coefficient (Wildman–Crippen LogP) is 2.41. The van der Waals surface area contributed by atoms with Gasteiger partial charge in [0.25, 0.3) is 0 Å². The molecule has 1 aromatic rings. The van der Waals surface area contributed by atoms with Gasteiger partial charge in [0.1, 0.15) is 31.8 Å².